The summed E-state index contributed by atoms with van der Waals surface area (Å²) >= 11 is 6.17. The van der Waals surface area contributed by atoms with Gasteiger partial charge in [0.2, 0.25) is 5.95 Å². The number of aromatic amines is 1. The van der Waals surface area contributed by atoms with Gasteiger partial charge in [0.15, 0.2) is 0 Å². The van der Waals surface area contributed by atoms with Crippen molar-refractivity contribution in [3.05, 3.63) is 88.8 Å². The van der Waals surface area contributed by atoms with Gasteiger partial charge in [0.05, 0.1) is 5.69 Å². The second-order valence-corrected chi connectivity index (χ2v) is 7.98. The third-order valence-corrected chi connectivity index (χ3v) is 5.78. The molecule has 1 aliphatic heterocycles. The van der Waals surface area contributed by atoms with E-state index in [9.17, 15) is 4.79 Å². The van der Waals surface area contributed by atoms with Crippen LogP contribution in [0.25, 0.3) is 22.4 Å². The second kappa shape index (κ2) is 7.89. The first kappa shape index (κ1) is 19.3. The number of amides is 1. The van der Waals surface area contributed by atoms with Gasteiger partial charge >= 0.3 is 0 Å². The lowest BCUT2D eigenvalue weighted by molar-refractivity contribution is 0.0729. The highest BCUT2D eigenvalue weighted by atomic mass is 35.5. The molecule has 4 aromatic rings. The summed E-state index contributed by atoms with van der Waals surface area (Å²) in [5.41, 5.74) is 12.0. The number of carbonyl (C=O) groups excluding carboxylic acids is 1. The molecule has 0 radical (unpaired) electrons. The lowest BCUT2D eigenvalue weighted by atomic mass is 9.99. The average molecular weight is 430 g/mol. The first-order valence-corrected chi connectivity index (χ1v) is 10.4. The van der Waals surface area contributed by atoms with Crippen LogP contribution in [0.2, 0.25) is 5.02 Å². The van der Waals surface area contributed by atoms with Crippen molar-refractivity contribution in [3.63, 3.8) is 0 Å². The predicted molar refractivity (Wildman–Crippen MR) is 122 cm³/mol. The van der Waals surface area contributed by atoms with Crippen LogP contribution in [0, 0.1) is 0 Å². The standard InChI is InChI=1S/C24H20ClN5O/c25-19-7-3-6-16(10-19)20-13-28-24(26)29-22(20)18-11-21(27-12-18)23(31)30-9-8-15-4-1-2-5-17(15)14-30/h1-7,10-13,27H,8-9,14H2,(H2,26,28,29). The number of H-pyrrole nitrogens is 1. The van der Waals surface area contributed by atoms with E-state index in [1.165, 1.54) is 11.1 Å². The van der Waals surface area contributed by atoms with Crippen molar-refractivity contribution in [1.29, 1.82) is 0 Å². The zero-order valence-corrected chi connectivity index (χ0v) is 17.4. The number of aromatic nitrogens is 3. The molecule has 31 heavy (non-hydrogen) atoms. The molecule has 3 heterocycles. The van der Waals surface area contributed by atoms with E-state index in [2.05, 4.69) is 27.1 Å². The van der Waals surface area contributed by atoms with Crippen LogP contribution in [0.15, 0.2) is 67.0 Å². The van der Waals surface area contributed by atoms with Gasteiger partial charge < -0.3 is 15.6 Å². The summed E-state index contributed by atoms with van der Waals surface area (Å²) in [4.78, 5) is 26.7. The minimum Gasteiger partial charge on any atom is -0.368 e. The van der Waals surface area contributed by atoms with E-state index >= 15 is 0 Å². The Morgan fingerprint density at radius 2 is 1.90 bits per heavy atom. The molecule has 1 aliphatic rings. The van der Waals surface area contributed by atoms with Gasteiger partial charge in [-0.05, 0) is 41.3 Å². The van der Waals surface area contributed by atoms with E-state index in [-0.39, 0.29) is 11.9 Å². The van der Waals surface area contributed by atoms with Gasteiger partial charge in [-0.3, -0.25) is 4.79 Å². The number of nitrogens with zero attached hydrogens (tertiary/aromatic N) is 3. The third kappa shape index (κ3) is 3.78. The highest BCUT2D eigenvalue weighted by Gasteiger charge is 2.23. The number of anilines is 1. The summed E-state index contributed by atoms with van der Waals surface area (Å²) < 4.78 is 0. The first-order chi connectivity index (χ1) is 15.1. The molecule has 0 unspecified atom stereocenters. The Balaban J connectivity index is 1.46. The zero-order chi connectivity index (χ0) is 21.4. The normalized spacial score (nSPS) is 13.1. The van der Waals surface area contributed by atoms with E-state index in [0.29, 0.717) is 29.5 Å². The minimum absolute atomic E-state index is 0.0351. The van der Waals surface area contributed by atoms with Gasteiger partial charge in [0.25, 0.3) is 5.91 Å². The molecule has 0 spiro atoms. The molecule has 0 saturated carbocycles. The third-order valence-electron chi connectivity index (χ3n) is 5.55. The topological polar surface area (TPSA) is 87.9 Å². The number of nitrogen functional groups attached to an aromatic ring is 1. The maximum absolute atomic E-state index is 13.1. The van der Waals surface area contributed by atoms with E-state index in [1.54, 1.807) is 12.4 Å². The maximum Gasteiger partial charge on any atom is 0.270 e. The van der Waals surface area contributed by atoms with Crippen LogP contribution in [0.4, 0.5) is 5.95 Å². The molecule has 0 aliphatic carbocycles. The van der Waals surface area contributed by atoms with Gasteiger partial charge in [0.1, 0.15) is 5.69 Å². The summed E-state index contributed by atoms with van der Waals surface area (Å²) in [6, 6.07) is 17.5. The minimum atomic E-state index is -0.0351. The largest absolute Gasteiger partial charge is 0.368 e. The van der Waals surface area contributed by atoms with Gasteiger partial charge in [-0.2, -0.15) is 0 Å². The molecule has 154 valence electrons. The fourth-order valence-electron chi connectivity index (χ4n) is 3.98. The first-order valence-electron chi connectivity index (χ1n) is 10.0. The maximum atomic E-state index is 13.1. The fraction of sp³-hybridized carbons (Fsp3) is 0.125. The Morgan fingerprint density at radius 3 is 2.74 bits per heavy atom. The number of rotatable bonds is 3. The molecule has 7 heteroatoms. The molecule has 6 nitrogen and oxygen atoms in total. The summed E-state index contributed by atoms with van der Waals surface area (Å²) in [6.45, 7) is 1.30. The molecule has 2 aromatic carbocycles. The van der Waals surface area contributed by atoms with Crippen molar-refractivity contribution < 1.29 is 4.79 Å². The van der Waals surface area contributed by atoms with Crippen LogP contribution in [0.5, 0.6) is 0 Å². The van der Waals surface area contributed by atoms with Crippen molar-refractivity contribution in [2.75, 3.05) is 12.3 Å². The molecule has 2 aromatic heterocycles. The Labute approximate surface area is 184 Å². The van der Waals surface area contributed by atoms with Gasteiger partial charge in [-0.25, -0.2) is 9.97 Å². The van der Waals surface area contributed by atoms with Crippen LogP contribution in [0.3, 0.4) is 0 Å². The molecular formula is C24H20ClN5O. The monoisotopic (exact) mass is 429 g/mol. The number of fused-ring (bicyclic) bond motifs is 1. The van der Waals surface area contributed by atoms with Crippen LogP contribution in [-0.4, -0.2) is 32.3 Å². The van der Waals surface area contributed by atoms with Crippen LogP contribution in [0.1, 0.15) is 21.6 Å². The number of nitrogens with two attached hydrogens (primary N) is 1. The van der Waals surface area contributed by atoms with E-state index in [1.807, 2.05) is 47.4 Å². The SMILES string of the molecule is Nc1ncc(-c2cccc(Cl)c2)c(-c2c[nH]c(C(=O)N3CCc4ccccc4C3)c2)n1. The van der Waals surface area contributed by atoms with Gasteiger partial charge in [-0.1, -0.05) is 48.0 Å². The van der Waals surface area contributed by atoms with E-state index in [4.69, 9.17) is 17.3 Å². The molecule has 0 saturated heterocycles. The Kier molecular flexibility index (Phi) is 4.92. The quantitative estimate of drug-likeness (QED) is 0.499. The molecule has 0 fully saturated rings. The lowest BCUT2D eigenvalue weighted by Crippen LogP contribution is -2.36. The van der Waals surface area contributed by atoms with Crippen LogP contribution in [-0.2, 0) is 13.0 Å². The summed E-state index contributed by atoms with van der Waals surface area (Å²) in [6.07, 6.45) is 4.32. The molecule has 0 atom stereocenters. The van der Waals surface area contributed by atoms with Gasteiger partial charge in [0, 0.05) is 41.6 Å². The summed E-state index contributed by atoms with van der Waals surface area (Å²) in [5, 5.41) is 0.621. The summed E-state index contributed by atoms with van der Waals surface area (Å²) in [7, 11) is 0. The summed E-state index contributed by atoms with van der Waals surface area (Å²) in [5.74, 6) is 0.134. The van der Waals surface area contributed by atoms with E-state index < -0.39 is 0 Å². The number of hydrogen-bond acceptors (Lipinski definition) is 4. The molecule has 3 N–H and O–H groups in total. The van der Waals surface area contributed by atoms with Crippen molar-refractivity contribution in [2.24, 2.45) is 0 Å². The Hall–Kier alpha value is -3.64. The number of nitrogens with one attached hydrogen (secondary N) is 1. The molecule has 1 amide bonds. The van der Waals surface area contributed by atoms with Crippen molar-refractivity contribution >= 4 is 23.5 Å². The number of halogens is 1. The lowest BCUT2D eigenvalue weighted by Gasteiger charge is -2.28. The fourth-order valence-corrected chi connectivity index (χ4v) is 4.17. The van der Waals surface area contributed by atoms with Crippen molar-refractivity contribution in [3.8, 4) is 22.4 Å². The van der Waals surface area contributed by atoms with Crippen LogP contribution < -0.4 is 5.73 Å². The highest BCUT2D eigenvalue weighted by Crippen LogP contribution is 2.32. The Morgan fingerprint density at radius 1 is 1.06 bits per heavy atom. The predicted octanol–water partition coefficient (Wildman–Crippen LogP) is 4.57. The van der Waals surface area contributed by atoms with Crippen LogP contribution >= 0.6 is 11.6 Å². The number of hydrogen-bond donors (Lipinski definition) is 2. The second-order valence-electron chi connectivity index (χ2n) is 7.55. The molecular weight excluding hydrogens is 410 g/mol. The highest BCUT2D eigenvalue weighted by molar-refractivity contribution is 6.30. The molecule has 5 rings (SSSR count). The van der Waals surface area contributed by atoms with E-state index in [0.717, 1.165) is 23.1 Å². The smallest absolute Gasteiger partial charge is 0.270 e. The van der Waals surface area contributed by atoms with Crippen molar-refractivity contribution in [2.45, 2.75) is 13.0 Å². The number of benzene rings is 2. The molecule has 0 bridgehead atoms. The van der Waals surface area contributed by atoms with Gasteiger partial charge in [-0.15, -0.1) is 0 Å². The number of carbonyl (C=O) groups is 1. The van der Waals surface area contributed by atoms with Crippen molar-refractivity contribution in [1.82, 2.24) is 19.9 Å². The average Bonchev–Trinajstić information content (AvgIpc) is 3.28. The Bertz CT molecular complexity index is 1280. The zero-order valence-electron chi connectivity index (χ0n) is 16.7.